The van der Waals surface area contributed by atoms with Gasteiger partial charge in [-0.25, -0.2) is 12.2 Å². The number of fused-ring (bicyclic) bond motifs is 1. The number of phenolic OH excluding ortho intramolecular Hbond substituents is 1. The molecular weight excluding hydrogens is 367 g/mol. The van der Waals surface area contributed by atoms with E-state index in [0.29, 0.717) is 5.75 Å². The van der Waals surface area contributed by atoms with Gasteiger partial charge in [0.05, 0.1) is 0 Å². The molecule has 1 N–H and O–H groups in total. The zero-order chi connectivity index (χ0) is 13.2. The summed E-state index contributed by atoms with van der Waals surface area (Å²) >= 11 is 1.81. The SMILES string of the molecule is Cl.Cl.Oc1ccc2ccccc2c1.[C-]1=CC=CC1.[CH3-].[CH3-].[Si]=[Ti]. The zero-order valence-corrected chi connectivity index (χ0v) is 16.9. The van der Waals surface area contributed by atoms with Crippen LogP contribution in [0.1, 0.15) is 6.42 Å². The minimum atomic E-state index is 0. The number of hydrogen-bond acceptors (Lipinski definition) is 1. The van der Waals surface area contributed by atoms with Crippen LogP contribution in [0.4, 0.5) is 0 Å². The first kappa shape index (κ1) is 29.5. The number of benzene rings is 2. The predicted octanol–water partition coefficient (Wildman–Crippen LogP) is 5.21. The molecule has 0 heterocycles. The average Bonchev–Trinajstić information content (AvgIpc) is 3.00. The number of phenols is 1. The van der Waals surface area contributed by atoms with Gasteiger partial charge in [0, 0.05) is 0 Å². The molecular formula is C17H21Cl2OSiTi-3. The molecule has 120 valence electrons. The number of allylic oxidation sites excluding steroid dienone is 4. The first-order valence-electron chi connectivity index (χ1n) is 5.51. The van der Waals surface area contributed by atoms with Gasteiger partial charge in [0.15, 0.2) is 0 Å². The third-order valence-corrected chi connectivity index (χ3v) is 2.32. The summed E-state index contributed by atoms with van der Waals surface area (Å²) in [6.45, 7) is 0. The molecule has 2 aromatic carbocycles. The molecule has 0 bridgehead atoms. The van der Waals surface area contributed by atoms with Crippen molar-refractivity contribution >= 4 is 43.2 Å². The average molecular weight is 388 g/mol. The Hall–Kier alpha value is -0.509. The summed E-state index contributed by atoms with van der Waals surface area (Å²) in [4.78, 5) is 0. The Morgan fingerprint density at radius 3 is 2.00 bits per heavy atom. The van der Waals surface area contributed by atoms with Gasteiger partial charge in [-0.15, -0.1) is 31.2 Å². The van der Waals surface area contributed by atoms with Crippen molar-refractivity contribution in [3.8, 4) is 5.75 Å². The van der Waals surface area contributed by atoms with Gasteiger partial charge in [0.2, 0.25) is 0 Å². The first-order valence-corrected chi connectivity index (χ1v) is 8.35. The standard InChI is InChI=1S/C10H8O.C5H5.2CH3.2ClH.Si.Ti/c11-10-6-5-8-3-1-2-4-9(8)7-10;1-2-4-5-3-1;;;;;;/h1-7,11H;1-3H,4H2;2*1H3;2*1H;;/q;3*-1;;;;. The molecule has 0 unspecified atom stereocenters. The Balaban J connectivity index is -0.000000129. The van der Waals surface area contributed by atoms with Crippen LogP contribution >= 0.6 is 24.8 Å². The molecule has 3 rings (SSSR count). The summed E-state index contributed by atoms with van der Waals surface area (Å²) < 4.78 is 0. The summed E-state index contributed by atoms with van der Waals surface area (Å²) in [5.41, 5.74) is 0. The maximum absolute atomic E-state index is 9.13. The Labute approximate surface area is 160 Å². The summed E-state index contributed by atoms with van der Waals surface area (Å²) in [5.74, 6) is 0.323. The van der Waals surface area contributed by atoms with Crippen molar-refractivity contribution in [2.24, 2.45) is 0 Å². The molecule has 0 atom stereocenters. The van der Waals surface area contributed by atoms with Crippen LogP contribution < -0.4 is 0 Å². The fourth-order valence-electron chi connectivity index (χ4n) is 1.52. The topological polar surface area (TPSA) is 20.2 Å². The van der Waals surface area contributed by atoms with Gasteiger partial charge >= 0.3 is 26.8 Å². The molecule has 0 spiro atoms. The van der Waals surface area contributed by atoms with Gasteiger partial charge < -0.3 is 20.0 Å². The van der Waals surface area contributed by atoms with Crippen molar-refractivity contribution in [3.63, 3.8) is 0 Å². The molecule has 0 aromatic heterocycles. The molecule has 1 nitrogen and oxygen atoms in total. The van der Waals surface area contributed by atoms with Crippen molar-refractivity contribution in [1.29, 1.82) is 0 Å². The monoisotopic (exact) mass is 387 g/mol. The van der Waals surface area contributed by atoms with E-state index in [1.54, 1.807) is 31.3 Å². The van der Waals surface area contributed by atoms with E-state index in [1.807, 2.05) is 42.5 Å². The maximum atomic E-state index is 9.13. The molecule has 0 saturated carbocycles. The molecule has 1 aliphatic carbocycles. The molecule has 0 aliphatic heterocycles. The molecule has 0 saturated heterocycles. The van der Waals surface area contributed by atoms with Crippen LogP contribution in [0, 0.1) is 20.9 Å². The van der Waals surface area contributed by atoms with E-state index in [0.717, 1.165) is 17.2 Å². The van der Waals surface area contributed by atoms with Crippen LogP contribution in [-0.2, 0) is 19.2 Å². The summed E-state index contributed by atoms with van der Waals surface area (Å²) in [6, 6.07) is 13.3. The van der Waals surface area contributed by atoms with E-state index in [1.165, 1.54) is 0 Å². The van der Waals surface area contributed by atoms with Crippen molar-refractivity contribution in [3.05, 3.63) is 81.6 Å². The normalized spacial score (nSPS) is 9.23. The Bertz CT molecular complexity index is 549. The molecule has 5 heteroatoms. The zero-order valence-electron chi connectivity index (χ0n) is 12.7. The van der Waals surface area contributed by atoms with Crippen LogP contribution in [0.15, 0.2) is 60.7 Å². The van der Waals surface area contributed by atoms with E-state index in [4.69, 9.17) is 5.11 Å². The van der Waals surface area contributed by atoms with Crippen LogP contribution in [0.2, 0.25) is 0 Å². The van der Waals surface area contributed by atoms with Crippen molar-refractivity contribution < 1.29 is 24.3 Å². The van der Waals surface area contributed by atoms with E-state index < -0.39 is 0 Å². The van der Waals surface area contributed by atoms with Crippen molar-refractivity contribution in [1.82, 2.24) is 0 Å². The Kier molecular flexibility index (Phi) is 24.9. The van der Waals surface area contributed by atoms with Crippen LogP contribution in [0.5, 0.6) is 5.75 Å². The van der Waals surface area contributed by atoms with Gasteiger partial charge in [-0.2, -0.15) is 6.08 Å². The van der Waals surface area contributed by atoms with E-state index >= 15 is 0 Å². The summed E-state index contributed by atoms with van der Waals surface area (Å²) in [6.07, 6.45) is 10.0. The van der Waals surface area contributed by atoms with E-state index in [2.05, 4.69) is 19.8 Å². The van der Waals surface area contributed by atoms with Gasteiger partial charge in [-0.3, -0.25) is 6.08 Å². The second kappa shape index (κ2) is 18.5. The molecule has 22 heavy (non-hydrogen) atoms. The fraction of sp³-hybridized carbons (Fsp3) is 0.0588. The Morgan fingerprint density at radius 1 is 0.955 bits per heavy atom. The number of halogens is 2. The molecule has 2 radical (unpaired) electrons. The molecule has 0 amide bonds. The van der Waals surface area contributed by atoms with Gasteiger partial charge in [-0.05, 0) is 22.9 Å². The number of rotatable bonds is 0. The molecule has 1 aliphatic rings. The van der Waals surface area contributed by atoms with Gasteiger partial charge in [0.25, 0.3) is 0 Å². The second-order valence-corrected chi connectivity index (χ2v) is 3.53. The van der Waals surface area contributed by atoms with Crippen molar-refractivity contribution in [2.75, 3.05) is 0 Å². The number of hydrogen-bond donors (Lipinski definition) is 1. The van der Waals surface area contributed by atoms with Crippen LogP contribution in [0.3, 0.4) is 0 Å². The van der Waals surface area contributed by atoms with Gasteiger partial charge in [-0.1, -0.05) is 30.3 Å². The Morgan fingerprint density at radius 2 is 1.55 bits per heavy atom. The summed E-state index contributed by atoms with van der Waals surface area (Å²) in [5, 5.41) is 11.4. The fourth-order valence-corrected chi connectivity index (χ4v) is 1.52. The molecule has 2 aromatic rings. The third-order valence-electron chi connectivity index (χ3n) is 2.32. The van der Waals surface area contributed by atoms with Crippen molar-refractivity contribution in [2.45, 2.75) is 6.42 Å². The van der Waals surface area contributed by atoms with Crippen LogP contribution in [0.25, 0.3) is 10.8 Å². The van der Waals surface area contributed by atoms with Gasteiger partial charge in [0.1, 0.15) is 5.75 Å². The molecule has 0 fully saturated rings. The second-order valence-electron chi connectivity index (χ2n) is 3.53. The van der Waals surface area contributed by atoms with E-state index in [9.17, 15) is 0 Å². The van der Waals surface area contributed by atoms with Crippen LogP contribution in [-0.4, -0.2) is 12.7 Å². The predicted molar refractivity (Wildman–Crippen MR) is 100 cm³/mol. The summed E-state index contributed by atoms with van der Waals surface area (Å²) in [7, 11) is 2.97. The quantitative estimate of drug-likeness (QED) is 0.485. The third kappa shape index (κ3) is 11.1. The minimum absolute atomic E-state index is 0. The first-order chi connectivity index (χ1) is 8.86. The van der Waals surface area contributed by atoms with E-state index in [-0.39, 0.29) is 39.7 Å². The number of aromatic hydroxyl groups is 1.